The number of rotatable bonds is 8. The maximum atomic E-state index is 5.37. The van der Waals surface area contributed by atoms with Gasteiger partial charge in [0.1, 0.15) is 7.85 Å². The highest BCUT2D eigenvalue weighted by molar-refractivity contribution is 7.94. The molecule has 0 saturated heterocycles. The number of methoxy groups -OCH3 is 1. The molecule has 0 aliphatic heterocycles. The van der Waals surface area contributed by atoms with Gasteiger partial charge in [-0.3, -0.25) is 0 Å². The highest BCUT2D eigenvalue weighted by Crippen LogP contribution is 2.08. The molecule has 0 fully saturated rings. The molecule has 0 aliphatic carbocycles. The highest BCUT2D eigenvalue weighted by Gasteiger charge is 2.05. The molecule has 0 heterocycles. The smallest absolute Gasteiger partial charge is 0.101 e. The molecule has 0 aromatic rings. The van der Waals surface area contributed by atoms with Crippen LogP contribution in [0.15, 0.2) is 0 Å². The lowest BCUT2D eigenvalue weighted by Gasteiger charge is -2.13. The summed E-state index contributed by atoms with van der Waals surface area (Å²) in [7, 11) is 3.90. The maximum absolute atomic E-state index is 5.37. The molecule has 1 atom stereocenters. The number of ether oxygens (including phenoxy) is 1. The molecule has 0 spiro atoms. The number of hydrogen-bond donors (Lipinski definition) is 0. The quantitative estimate of drug-likeness (QED) is 0.328. The minimum atomic E-state index is 0.277. The van der Waals surface area contributed by atoms with Crippen molar-refractivity contribution in [3.05, 3.63) is 0 Å². The third-order valence-corrected chi connectivity index (χ3v) is 2.45. The van der Waals surface area contributed by atoms with Crippen LogP contribution in [0.25, 0.3) is 0 Å². The summed E-state index contributed by atoms with van der Waals surface area (Å²) in [6.07, 6.45) is 3.68. The van der Waals surface area contributed by atoms with Crippen LogP contribution in [-0.2, 0) is 8.92 Å². The average Bonchev–Trinajstić information content (AvgIpc) is 2.10. The summed E-state index contributed by atoms with van der Waals surface area (Å²) >= 11 is 1.54. The predicted molar refractivity (Wildman–Crippen MR) is 57.5 cm³/mol. The molecule has 4 heteroatoms. The largest absolute Gasteiger partial charge is 0.379 e. The van der Waals surface area contributed by atoms with Gasteiger partial charge in [0.25, 0.3) is 0 Å². The summed E-state index contributed by atoms with van der Waals surface area (Å²) in [6.45, 7) is 2.87. The van der Waals surface area contributed by atoms with Gasteiger partial charge in [0.15, 0.2) is 0 Å². The van der Waals surface area contributed by atoms with Gasteiger partial charge in [-0.05, 0) is 24.9 Å². The number of hydrogen-bond acceptors (Lipinski definition) is 3. The van der Waals surface area contributed by atoms with Crippen molar-refractivity contribution in [3.8, 4) is 0 Å². The third kappa shape index (κ3) is 7.01. The Labute approximate surface area is 81.0 Å². The molecule has 0 aromatic heterocycles. The van der Waals surface area contributed by atoms with Crippen molar-refractivity contribution in [3.63, 3.8) is 0 Å². The summed E-state index contributed by atoms with van der Waals surface area (Å²) in [5.74, 6) is 1.07. The van der Waals surface area contributed by atoms with E-state index in [9.17, 15) is 0 Å². The fourth-order valence-corrected chi connectivity index (χ4v) is 1.39. The van der Waals surface area contributed by atoms with E-state index in [0.29, 0.717) is 0 Å². The minimum Gasteiger partial charge on any atom is -0.379 e. The Balaban J connectivity index is 3.19. The highest BCUT2D eigenvalue weighted by atomic mass is 32.2. The molecule has 0 rings (SSSR count). The van der Waals surface area contributed by atoms with Gasteiger partial charge < -0.3 is 8.92 Å². The van der Waals surface area contributed by atoms with Crippen molar-refractivity contribution >= 4 is 19.9 Å². The van der Waals surface area contributed by atoms with Crippen LogP contribution in [-0.4, -0.2) is 33.4 Å². The summed E-state index contributed by atoms with van der Waals surface area (Å²) in [4.78, 5) is 0. The van der Waals surface area contributed by atoms with E-state index in [1.165, 1.54) is 0 Å². The second-order valence-electron chi connectivity index (χ2n) is 2.75. The first kappa shape index (κ1) is 12.3. The van der Waals surface area contributed by atoms with E-state index in [2.05, 4.69) is 14.8 Å². The van der Waals surface area contributed by atoms with Crippen LogP contribution in [0, 0.1) is 0 Å². The first-order valence-electron chi connectivity index (χ1n) is 4.62. The van der Waals surface area contributed by atoms with Crippen LogP contribution in [0.5, 0.6) is 0 Å². The van der Waals surface area contributed by atoms with E-state index < -0.39 is 0 Å². The van der Waals surface area contributed by atoms with Crippen LogP contribution >= 0.6 is 12.0 Å². The molecule has 0 saturated carbocycles. The van der Waals surface area contributed by atoms with Crippen molar-refractivity contribution in [2.75, 3.05) is 19.5 Å². The monoisotopic (exact) mass is 190 g/mol. The third-order valence-electron chi connectivity index (χ3n) is 1.57. The molecule has 72 valence electrons. The molecular weight excluding hydrogens is 171 g/mol. The van der Waals surface area contributed by atoms with Crippen LogP contribution in [0.1, 0.15) is 19.8 Å². The summed E-state index contributed by atoms with van der Waals surface area (Å²) in [5.41, 5.74) is 0. The van der Waals surface area contributed by atoms with Crippen molar-refractivity contribution in [2.45, 2.75) is 32.2 Å². The second-order valence-corrected chi connectivity index (χ2v) is 3.63. The van der Waals surface area contributed by atoms with Crippen LogP contribution in [0.2, 0.25) is 6.32 Å². The molecular formula is C8H19BO2S. The predicted octanol–water partition coefficient (Wildman–Crippen LogP) is 1.52. The lowest BCUT2D eigenvalue weighted by Crippen LogP contribution is -2.16. The van der Waals surface area contributed by atoms with Gasteiger partial charge in [0, 0.05) is 12.9 Å². The van der Waals surface area contributed by atoms with E-state index >= 15 is 0 Å². The Morgan fingerprint density at radius 2 is 2.25 bits per heavy atom. The Morgan fingerprint density at radius 3 is 2.75 bits per heavy atom. The molecule has 0 aromatic carbocycles. The molecule has 0 aliphatic rings. The summed E-state index contributed by atoms with van der Waals surface area (Å²) < 4.78 is 10.6. The van der Waals surface area contributed by atoms with Gasteiger partial charge in [-0.15, -0.1) is 0 Å². The van der Waals surface area contributed by atoms with Gasteiger partial charge >= 0.3 is 0 Å². The second kappa shape index (κ2) is 9.42. The molecule has 0 N–H and O–H groups in total. The molecule has 0 amide bonds. The van der Waals surface area contributed by atoms with Gasteiger partial charge in [-0.2, -0.15) is 0 Å². The van der Waals surface area contributed by atoms with Gasteiger partial charge in [0.05, 0.1) is 12.7 Å². The van der Waals surface area contributed by atoms with Gasteiger partial charge in [-0.25, -0.2) is 0 Å². The fraction of sp³-hybridized carbons (Fsp3) is 1.00. The summed E-state index contributed by atoms with van der Waals surface area (Å²) in [6, 6.07) is 0. The maximum Gasteiger partial charge on any atom is 0.101 e. The topological polar surface area (TPSA) is 18.5 Å². The molecule has 12 heavy (non-hydrogen) atoms. The Bertz CT molecular complexity index is 93.1. The van der Waals surface area contributed by atoms with E-state index in [1.54, 1.807) is 19.2 Å². The Kier molecular flexibility index (Phi) is 9.69. The Hall–Kier alpha value is 0.335. The van der Waals surface area contributed by atoms with E-state index in [-0.39, 0.29) is 6.10 Å². The minimum absolute atomic E-state index is 0.277. The first-order chi connectivity index (χ1) is 5.85. The van der Waals surface area contributed by atoms with Crippen molar-refractivity contribution < 1.29 is 8.92 Å². The van der Waals surface area contributed by atoms with E-state index in [4.69, 9.17) is 8.92 Å². The Morgan fingerprint density at radius 1 is 1.50 bits per heavy atom. The van der Waals surface area contributed by atoms with Crippen molar-refractivity contribution in [2.24, 2.45) is 0 Å². The molecule has 1 unspecified atom stereocenters. The zero-order valence-electron chi connectivity index (χ0n) is 8.34. The van der Waals surface area contributed by atoms with Gasteiger partial charge in [-0.1, -0.05) is 13.2 Å². The van der Waals surface area contributed by atoms with Crippen LogP contribution < -0.4 is 0 Å². The fourth-order valence-electron chi connectivity index (χ4n) is 0.857. The van der Waals surface area contributed by atoms with Crippen LogP contribution in [0.4, 0.5) is 0 Å². The summed E-state index contributed by atoms with van der Waals surface area (Å²) in [5, 5.41) is 0. The normalized spacial score (nSPS) is 13.2. The zero-order valence-corrected chi connectivity index (χ0v) is 9.15. The molecule has 0 radical (unpaired) electrons. The SMILES string of the molecule is BCCC(COSCCC)OC. The lowest BCUT2D eigenvalue weighted by atomic mass is 9.99. The zero-order chi connectivity index (χ0) is 9.23. The standard InChI is InChI=1S/C8H19BO2S/c1-3-6-12-11-7-8(10-2)4-5-9/h8H,3-7,9H2,1-2H3. The first-order valence-corrected chi connectivity index (χ1v) is 5.53. The van der Waals surface area contributed by atoms with Crippen molar-refractivity contribution in [1.82, 2.24) is 0 Å². The van der Waals surface area contributed by atoms with E-state index in [0.717, 1.165) is 31.5 Å². The van der Waals surface area contributed by atoms with E-state index in [1.807, 2.05) is 0 Å². The lowest BCUT2D eigenvalue weighted by molar-refractivity contribution is 0.0627. The molecule has 2 nitrogen and oxygen atoms in total. The molecule has 0 bridgehead atoms. The average molecular weight is 190 g/mol. The van der Waals surface area contributed by atoms with Gasteiger partial charge in [0.2, 0.25) is 0 Å². The van der Waals surface area contributed by atoms with Crippen molar-refractivity contribution in [1.29, 1.82) is 0 Å². The van der Waals surface area contributed by atoms with Crippen LogP contribution in [0.3, 0.4) is 0 Å².